The Morgan fingerprint density at radius 1 is 1.29 bits per heavy atom. The average molecular weight is 335 g/mol. The zero-order valence-corrected chi connectivity index (χ0v) is 13.5. The van der Waals surface area contributed by atoms with Crippen LogP contribution >= 0.6 is 12.4 Å². The van der Waals surface area contributed by atoms with E-state index in [1.54, 1.807) is 6.92 Å². The second-order valence-electron chi connectivity index (χ2n) is 5.90. The second kappa shape index (κ2) is 5.83. The normalized spacial score (nSPS) is 29.2. The van der Waals surface area contributed by atoms with E-state index >= 15 is 0 Å². The van der Waals surface area contributed by atoms with Crippen LogP contribution in [0.15, 0.2) is 23.1 Å². The highest BCUT2D eigenvalue weighted by molar-refractivity contribution is 7.89. The first kappa shape index (κ1) is 16.7. The SMILES string of the molecule is Cc1cc(S(=O)(=O)N2CC3CCC(N)C3C2)ccc1F.Cl. The van der Waals surface area contributed by atoms with Gasteiger partial charge >= 0.3 is 0 Å². The fourth-order valence-electron chi connectivity index (χ4n) is 3.39. The molecule has 4 nitrogen and oxygen atoms in total. The summed E-state index contributed by atoms with van der Waals surface area (Å²) in [6.45, 7) is 2.60. The molecule has 7 heteroatoms. The van der Waals surface area contributed by atoms with E-state index in [0.717, 1.165) is 12.8 Å². The molecule has 21 heavy (non-hydrogen) atoms. The maximum Gasteiger partial charge on any atom is 0.243 e. The Morgan fingerprint density at radius 3 is 2.62 bits per heavy atom. The lowest BCUT2D eigenvalue weighted by Crippen LogP contribution is -2.33. The van der Waals surface area contributed by atoms with Gasteiger partial charge in [-0.3, -0.25) is 0 Å². The molecule has 1 aromatic rings. The van der Waals surface area contributed by atoms with Crippen LogP contribution in [0, 0.1) is 24.6 Å². The summed E-state index contributed by atoms with van der Waals surface area (Å²) in [6, 6.07) is 4.06. The van der Waals surface area contributed by atoms with Gasteiger partial charge in [0.05, 0.1) is 4.90 Å². The molecule has 1 heterocycles. The van der Waals surface area contributed by atoms with E-state index in [1.807, 2.05) is 0 Å². The molecule has 0 radical (unpaired) electrons. The van der Waals surface area contributed by atoms with Crippen LogP contribution in [0.5, 0.6) is 0 Å². The lowest BCUT2D eigenvalue weighted by atomic mass is 9.98. The Kier molecular flexibility index (Phi) is 4.63. The Labute approximate surface area is 131 Å². The van der Waals surface area contributed by atoms with Crippen LogP contribution in [-0.2, 0) is 10.0 Å². The van der Waals surface area contributed by atoms with Crippen molar-refractivity contribution in [2.75, 3.05) is 13.1 Å². The number of halogens is 2. The quantitative estimate of drug-likeness (QED) is 0.898. The number of aryl methyl sites for hydroxylation is 1. The second-order valence-corrected chi connectivity index (χ2v) is 7.84. The van der Waals surface area contributed by atoms with Crippen molar-refractivity contribution in [3.63, 3.8) is 0 Å². The van der Waals surface area contributed by atoms with Crippen LogP contribution in [0.4, 0.5) is 4.39 Å². The first-order valence-electron chi connectivity index (χ1n) is 6.91. The number of hydrogen-bond donors (Lipinski definition) is 1. The van der Waals surface area contributed by atoms with Gasteiger partial charge in [0, 0.05) is 19.1 Å². The fraction of sp³-hybridized carbons (Fsp3) is 0.571. The van der Waals surface area contributed by atoms with Gasteiger partial charge in [0.1, 0.15) is 5.82 Å². The minimum atomic E-state index is -3.53. The molecule has 2 aliphatic rings. The molecule has 0 amide bonds. The lowest BCUT2D eigenvalue weighted by molar-refractivity contribution is 0.427. The molecule has 3 atom stereocenters. The van der Waals surface area contributed by atoms with E-state index in [1.165, 1.54) is 22.5 Å². The highest BCUT2D eigenvalue weighted by Gasteiger charge is 2.45. The van der Waals surface area contributed by atoms with Crippen LogP contribution in [0.2, 0.25) is 0 Å². The van der Waals surface area contributed by atoms with E-state index < -0.39 is 10.0 Å². The first-order chi connectivity index (χ1) is 9.39. The topological polar surface area (TPSA) is 63.4 Å². The van der Waals surface area contributed by atoms with E-state index in [2.05, 4.69) is 0 Å². The molecule has 1 aromatic carbocycles. The highest BCUT2D eigenvalue weighted by atomic mass is 35.5. The maximum absolute atomic E-state index is 13.3. The van der Waals surface area contributed by atoms with Gasteiger partial charge in [0.25, 0.3) is 0 Å². The minimum Gasteiger partial charge on any atom is -0.327 e. The fourth-order valence-corrected chi connectivity index (χ4v) is 5.01. The molecule has 0 aromatic heterocycles. The lowest BCUT2D eigenvalue weighted by Gasteiger charge is -2.19. The maximum atomic E-state index is 13.3. The van der Waals surface area contributed by atoms with Gasteiger partial charge in [-0.05, 0) is 55.4 Å². The van der Waals surface area contributed by atoms with E-state index in [0.29, 0.717) is 24.6 Å². The summed E-state index contributed by atoms with van der Waals surface area (Å²) in [5.41, 5.74) is 6.39. The minimum absolute atomic E-state index is 0. The number of sulfonamides is 1. The van der Waals surface area contributed by atoms with Crippen molar-refractivity contribution < 1.29 is 12.8 Å². The third-order valence-corrected chi connectivity index (χ3v) is 6.47. The summed E-state index contributed by atoms with van der Waals surface area (Å²) >= 11 is 0. The van der Waals surface area contributed by atoms with E-state index in [9.17, 15) is 12.8 Å². The van der Waals surface area contributed by atoms with Gasteiger partial charge in [-0.15, -0.1) is 12.4 Å². The van der Waals surface area contributed by atoms with Crippen molar-refractivity contribution >= 4 is 22.4 Å². The zero-order valence-electron chi connectivity index (χ0n) is 11.8. The Hall–Kier alpha value is -0.690. The Balaban J connectivity index is 0.00000161. The van der Waals surface area contributed by atoms with E-state index in [4.69, 9.17) is 5.73 Å². The summed E-state index contributed by atoms with van der Waals surface area (Å²) in [7, 11) is -3.53. The number of hydrogen-bond acceptors (Lipinski definition) is 3. The molecule has 0 spiro atoms. The largest absolute Gasteiger partial charge is 0.327 e. The third-order valence-electron chi connectivity index (χ3n) is 4.65. The predicted octanol–water partition coefficient (Wildman–Crippen LogP) is 1.91. The molecule has 118 valence electrons. The van der Waals surface area contributed by atoms with Crippen LogP contribution in [0.1, 0.15) is 18.4 Å². The Bertz CT molecular complexity index is 638. The molecule has 3 rings (SSSR count). The number of benzene rings is 1. The molecular weight excluding hydrogens is 315 g/mol. The molecule has 1 saturated heterocycles. The predicted molar refractivity (Wildman–Crippen MR) is 81.3 cm³/mol. The molecule has 1 aliphatic heterocycles. The van der Waals surface area contributed by atoms with E-state index in [-0.39, 0.29) is 35.1 Å². The zero-order chi connectivity index (χ0) is 14.5. The summed E-state index contributed by atoms with van der Waals surface area (Å²) in [5, 5.41) is 0. The summed E-state index contributed by atoms with van der Waals surface area (Å²) in [5.74, 6) is 0.261. The monoisotopic (exact) mass is 334 g/mol. The summed E-state index contributed by atoms with van der Waals surface area (Å²) in [4.78, 5) is 0.171. The summed E-state index contributed by atoms with van der Waals surface area (Å²) in [6.07, 6.45) is 1.99. The number of fused-ring (bicyclic) bond motifs is 1. The van der Waals surface area contributed by atoms with Crippen molar-refractivity contribution in [1.29, 1.82) is 0 Å². The number of nitrogens with zero attached hydrogens (tertiary/aromatic N) is 1. The number of rotatable bonds is 2. The first-order valence-corrected chi connectivity index (χ1v) is 8.35. The molecule has 2 fully saturated rings. The van der Waals surface area contributed by atoms with Gasteiger partial charge in [0.15, 0.2) is 0 Å². The van der Waals surface area contributed by atoms with Crippen molar-refractivity contribution in [3.05, 3.63) is 29.6 Å². The average Bonchev–Trinajstić information content (AvgIpc) is 2.96. The van der Waals surface area contributed by atoms with Crippen molar-refractivity contribution in [3.8, 4) is 0 Å². The van der Waals surface area contributed by atoms with Crippen molar-refractivity contribution in [2.45, 2.75) is 30.7 Å². The smallest absolute Gasteiger partial charge is 0.243 e. The molecule has 1 saturated carbocycles. The summed E-state index contributed by atoms with van der Waals surface area (Å²) < 4.78 is 40.0. The van der Waals surface area contributed by atoms with Crippen LogP contribution < -0.4 is 5.73 Å². The molecule has 3 unspecified atom stereocenters. The highest BCUT2D eigenvalue weighted by Crippen LogP contribution is 2.39. The van der Waals surface area contributed by atoms with Gasteiger partial charge < -0.3 is 5.73 Å². The number of nitrogens with two attached hydrogens (primary N) is 1. The van der Waals surface area contributed by atoms with Gasteiger partial charge in [-0.25, -0.2) is 12.8 Å². The third kappa shape index (κ3) is 2.82. The molecule has 0 bridgehead atoms. The molecule has 2 N–H and O–H groups in total. The van der Waals surface area contributed by atoms with Crippen molar-refractivity contribution in [1.82, 2.24) is 4.31 Å². The van der Waals surface area contributed by atoms with Crippen molar-refractivity contribution in [2.24, 2.45) is 17.6 Å². The van der Waals surface area contributed by atoms with Crippen LogP contribution in [-0.4, -0.2) is 31.9 Å². The van der Waals surface area contributed by atoms with Gasteiger partial charge in [-0.2, -0.15) is 4.31 Å². The van der Waals surface area contributed by atoms with Gasteiger partial charge in [0.2, 0.25) is 10.0 Å². The van der Waals surface area contributed by atoms with Gasteiger partial charge in [-0.1, -0.05) is 0 Å². The molecular formula is C14H20ClFN2O2S. The Morgan fingerprint density at radius 2 is 2.00 bits per heavy atom. The molecule has 1 aliphatic carbocycles. The van der Waals surface area contributed by atoms with Crippen LogP contribution in [0.3, 0.4) is 0 Å². The van der Waals surface area contributed by atoms with Crippen LogP contribution in [0.25, 0.3) is 0 Å². The standard InChI is InChI=1S/C14H19FN2O2S.ClH/c1-9-6-11(3-4-13(9)15)20(18,19)17-7-10-2-5-14(16)12(10)8-17;/h3-4,6,10,12,14H,2,5,7-8,16H2,1H3;1H.